The van der Waals surface area contributed by atoms with Crippen molar-refractivity contribution in [3.05, 3.63) is 24.3 Å². The molecule has 0 aromatic heterocycles. The van der Waals surface area contributed by atoms with Gasteiger partial charge < -0.3 is 21.1 Å². The third-order valence-electron chi connectivity index (χ3n) is 4.72. The minimum absolute atomic E-state index is 0.0229. The van der Waals surface area contributed by atoms with Gasteiger partial charge >= 0.3 is 6.03 Å². The Balaban J connectivity index is 2.06. The molecule has 5 heteroatoms. The molecule has 4 N–H and O–H groups in total. The first-order chi connectivity index (χ1) is 9.71. The van der Waals surface area contributed by atoms with Crippen LogP contribution in [-0.4, -0.2) is 25.2 Å². The summed E-state index contributed by atoms with van der Waals surface area (Å²) < 4.78 is 5.23. The van der Waals surface area contributed by atoms with Gasteiger partial charge in [-0.05, 0) is 12.1 Å². The molecule has 21 heavy (non-hydrogen) atoms. The Bertz CT molecular complexity index is 524. The topological polar surface area (TPSA) is 76.4 Å². The monoisotopic (exact) mass is 291 g/mol. The number of nitrogens with two attached hydrogens (primary N) is 1. The van der Waals surface area contributed by atoms with Crippen LogP contribution in [0.15, 0.2) is 24.3 Å². The van der Waals surface area contributed by atoms with E-state index in [4.69, 9.17) is 10.5 Å². The van der Waals surface area contributed by atoms with Gasteiger partial charge in [-0.2, -0.15) is 0 Å². The van der Waals surface area contributed by atoms with Crippen LogP contribution in [0.4, 0.5) is 10.5 Å². The van der Waals surface area contributed by atoms with E-state index in [-0.39, 0.29) is 28.9 Å². The van der Waals surface area contributed by atoms with Gasteiger partial charge in [-0.15, -0.1) is 0 Å². The number of benzene rings is 1. The van der Waals surface area contributed by atoms with Crippen molar-refractivity contribution in [3.63, 3.8) is 0 Å². The fraction of sp³-hybridized carbons (Fsp3) is 0.562. The van der Waals surface area contributed by atoms with Crippen LogP contribution >= 0.6 is 0 Å². The summed E-state index contributed by atoms with van der Waals surface area (Å²) in [6, 6.07) is 7.17. The van der Waals surface area contributed by atoms with Crippen LogP contribution in [0.3, 0.4) is 0 Å². The SMILES string of the molecule is COc1ccccc1NC(=O)NC1C(C)(C)C(N)C1(C)C. The standard InChI is InChI=1S/C16H25N3O2/c1-15(2)12(17)16(3,4)13(15)19-14(20)18-10-8-6-7-9-11(10)21-5/h6-9,12-13H,17H2,1-5H3,(H2,18,19,20). The number of rotatable bonds is 3. The fourth-order valence-corrected chi connectivity index (χ4v) is 3.59. The van der Waals surface area contributed by atoms with Crippen molar-refractivity contribution < 1.29 is 9.53 Å². The molecular weight excluding hydrogens is 266 g/mol. The van der Waals surface area contributed by atoms with Gasteiger partial charge in [0.1, 0.15) is 5.75 Å². The number of ether oxygens (including phenoxy) is 1. The molecular formula is C16H25N3O2. The summed E-state index contributed by atoms with van der Waals surface area (Å²) in [5.74, 6) is 0.636. The maximum atomic E-state index is 12.2. The summed E-state index contributed by atoms with van der Waals surface area (Å²) in [7, 11) is 1.58. The van der Waals surface area contributed by atoms with Crippen LogP contribution in [0, 0.1) is 10.8 Å². The molecule has 1 saturated carbocycles. The normalized spacial score (nSPS) is 25.6. The molecule has 0 atom stereocenters. The molecule has 1 aromatic rings. The zero-order valence-electron chi connectivity index (χ0n) is 13.4. The summed E-state index contributed by atoms with van der Waals surface area (Å²) in [6.45, 7) is 8.32. The molecule has 0 unspecified atom stereocenters. The number of carbonyl (C=O) groups excluding carboxylic acids is 1. The van der Waals surface area contributed by atoms with Gasteiger partial charge in [0.25, 0.3) is 0 Å². The van der Waals surface area contributed by atoms with E-state index in [0.717, 1.165) is 0 Å². The quantitative estimate of drug-likeness (QED) is 0.801. The molecule has 0 aliphatic heterocycles. The lowest BCUT2D eigenvalue weighted by Gasteiger charge is -2.62. The van der Waals surface area contributed by atoms with Gasteiger partial charge in [-0.1, -0.05) is 39.8 Å². The molecule has 1 aliphatic rings. The summed E-state index contributed by atoms with van der Waals surface area (Å²) in [5.41, 5.74) is 6.61. The average molecular weight is 291 g/mol. The summed E-state index contributed by atoms with van der Waals surface area (Å²) in [5, 5.41) is 5.88. The minimum atomic E-state index is -0.238. The Morgan fingerprint density at radius 3 is 2.33 bits per heavy atom. The number of para-hydroxylation sites is 2. The Kier molecular flexibility index (Phi) is 3.89. The lowest BCUT2D eigenvalue weighted by atomic mass is 9.48. The zero-order chi connectivity index (χ0) is 15.8. The second-order valence-electron chi connectivity index (χ2n) is 6.85. The molecule has 0 heterocycles. The van der Waals surface area contributed by atoms with Crippen LogP contribution in [0.1, 0.15) is 27.7 Å². The number of nitrogens with one attached hydrogen (secondary N) is 2. The first-order valence-corrected chi connectivity index (χ1v) is 7.17. The Morgan fingerprint density at radius 1 is 1.19 bits per heavy atom. The lowest BCUT2D eigenvalue weighted by molar-refractivity contribution is -0.0638. The molecule has 1 aromatic carbocycles. The third-order valence-corrected chi connectivity index (χ3v) is 4.72. The van der Waals surface area contributed by atoms with Crippen molar-refractivity contribution in [2.75, 3.05) is 12.4 Å². The van der Waals surface area contributed by atoms with Crippen molar-refractivity contribution in [2.24, 2.45) is 16.6 Å². The number of amides is 2. The van der Waals surface area contributed by atoms with Gasteiger partial charge in [0.2, 0.25) is 0 Å². The predicted molar refractivity (Wildman–Crippen MR) is 84.5 cm³/mol. The van der Waals surface area contributed by atoms with E-state index in [1.807, 2.05) is 18.2 Å². The number of carbonyl (C=O) groups is 1. The van der Waals surface area contributed by atoms with Gasteiger partial charge in [-0.25, -0.2) is 4.79 Å². The van der Waals surface area contributed by atoms with Crippen LogP contribution in [0.2, 0.25) is 0 Å². The van der Waals surface area contributed by atoms with E-state index < -0.39 is 0 Å². The number of hydrogen-bond donors (Lipinski definition) is 3. The van der Waals surface area contributed by atoms with E-state index in [1.165, 1.54) is 0 Å². The molecule has 0 radical (unpaired) electrons. The Hall–Kier alpha value is -1.75. The highest BCUT2D eigenvalue weighted by Crippen LogP contribution is 2.52. The maximum absolute atomic E-state index is 12.2. The van der Waals surface area contributed by atoms with Crippen molar-refractivity contribution >= 4 is 11.7 Å². The molecule has 5 nitrogen and oxygen atoms in total. The average Bonchev–Trinajstić information content (AvgIpc) is 2.44. The fourth-order valence-electron chi connectivity index (χ4n) is 3.59. The Labute approximate surface area is 126 Å². The Morgan fingerprint density at radius 2 is 1.76 bits per heavy atom. The first kappa shape index (κ1) is 15.6. The number of hydrogen-bond acceptors (Lipinski definition) is 3. The van der Waals surface area contributed by atoms with Crippen molar-refractivity contribution in [1.82, 2.24) is 5.32 Å². The van der Waals surface area contributed by atoms with Crippen LogP contribution in [0.5, 0.6) is 5.75 Å². The highest BCUT2D eigenvalue weighted by molar-refractivity contribution is 5.91. The summed E-state index contributed by atoms with van der Waals surface area (Å²) in [4.78, 5) is 12.2. The number of anilines is 1. The van der Waals surface area contributed by atoms with E-state index in [1.54, 1.807) is 13.2 Å². The largest absolute Gasteiger partial charge is 0.495 e. The summed E-state index contributed by atoms with van der Waals surface area (Å²) in [6.07, 6.45) is 0. The maximum Gasteiger partial charge on any atom is 0.319 e. The molecule has 2 rings (SSSR count). The molecule has 0 saturated heterocycles. The van der Waals surface area contributed by atoms with Crippen molar-refractivity contribution in [3.8, 4) is 5.75 Å². The molecule has 1 fully saturated rings. The van der Waals surface area contributed by atoms with Gasteiger partial charge in [0.15, 0.2) is 0 Å². The number of methoxy groups -OCH3 is 1. The second-order valence-corrected chi connectivity index (χ2v) is 6.85. The van der Waals surface area contributed by atoms with Gasteiger partial charge in [-0.3, -0.25) is 0 Å². The zero-order valence-corrected chi connectivity index (χ0v) is 13.4. The van der Waals surface area contributed by atoms with E-state index >= 15 is 0 Å². The smallest absolute Gasteiger partial charge is 0.319 e. The second kappa shape index (κ2) is 5.22. The third kappa shape index (κ3) is 2.58. The lowest BCUT2D eigenvalue weighted by Crippen LogP contribution is -2.76. The minimum Gasteiger partial charge on any atom is -0.495 e. The van der Waals surface area contributed by atoms with Crippen molar-refractivity contribution in [2.45, 2.75) is 39.8 Å². The van der Waals surface area contributed by atoms with E-state index in [2.05, 4.69) is 38.3 Å². The highest BCUT2D eigenvalue weighted by Gasteiger charge is 2.60. The summed E-state index contributed by atoms with van der Waals surface area (Å²) >= 11 is 0. The molecule has 116 valence electrons. The van der Waals surface area contributed by atoms with Crippen LogP contribution in [-0.2, 0) is 0 Å². The van der Waals surface area contributed by atoms with E-state index in [0.29, 0.717) is 11.4 Å². The first-order valence-electron chi connectivity index (χ1n) is 7.17. The van der Waals surface area contributed by atoms with Gasteiger partial charge in [0, 0.05) is 22.9 Å². The highest BCUT2D eigenvalue weighted by atomic mass is 16.5. The predicted octanol–water partition coefficient (Wildman–Crippen LogP) is 2.58. The van der Waals surface area contributed by atoms with Crippen LogP contribution < -0.4 is 21.1 Å². The molecule has 0 spiro atoms. The van der Waals surface area contributed by atoms with E-state index in [9.17, 15) is 4.79 Å². The number of urea groups is 1. The van der Waals surface area contributed by atoms with Gasteiger partial charge in [0.05, 0.1) is 12.8 Å². The van der Waals surface area contributed by atoms with Crippen LogP contribution in [0.25, 0.3) is 0 Å². The molecule has 1 aliphatic carbocycles. The molecule has 2 amide bonds. The van der Waals surface area contributed by atoms with Crippen molar-refractivity contribution in [1.29, 1.82) is 0 Å². The molecule has 0 bridgehead atoms.